The van der Waals surface area contributed by atoms with E-state index in [0.717, 1.165) is 36.4 Å². The number of allylic oxidation sites excluding steroid dienone is 6. The predicted octanol–water partition coefficient (Wildman–Crippen LogP) is 7.46. The van der Waals surface area contributed by atoms with E-state index >= 15 is 0 Å². The van der Waals surface area contributed by atoms with E-state index in [1.54, 1.807) is 0 Å². The molecule has 0 saturated carbocycles. The van der Waals surface area contributed by atoms with Gasteiger partial charge in [-0.15, -0.1) is 0 Å². The summed E-state index contributed by atoms with van der Waals surface area (Å²) in [6, 6.07) is 15.5. The zero-order valence-corrected chi connectivity index (χ0v) is 22.6. The molecule has 5 rings (SSSR count). The van der Waals surface area contributed by atoms with Gasteiger partial charge in [-0.25, -0.2) is 4.39 Å². The van der Waals surface area contributed by atoms with E-state index in [-0.39, 0.29) is 23.7 Å². The molecule has 39 heavy (non-hydrogen) atoms. The highest BCUT2D eigenvalue weighted by atomic mass is 19.1. The average Bonchev–Trinajstić information content (AvgIpc) is 3.21. The lowest BCUT2D eigenvalue weighted by Gasteiger charge is -2.41. The Morgan fingerprint density at radius 1 is 1.05 bits per heavy atom. The lowest BCUT2D eigenvalue weighted by Crippen LogP contribution is -2.44. The molecule has 3 unspecified atom stereocenters. The Morgan fingerprint density at radius 2 is 1.79 bits per heavy atom. The molecule has 0 bridgehead atoms. The van der Waals surface area contributed by atoms with Crippen molar-refractivity contribution in [3.63, 3.8) is 0 Å². The van der Waals surface area contributed by atoms with Gasteiger partial charge in [-0.3, -0.25) is 4.79 Å². The first-order valence-electron chi connectivity index (χ1n) is 13.8. The van der Waals surface area contributed by atoms with Crippen LogP contribution in [-0.2, 0) is 22.5 Å². The van der Waals surface area contributed by atoms with Crippen molar-refractivity contribution < 1.29 is 19.0 Å². The number of carboxylic acids is 1. The fourth-order valence-corrected chi connectivity index (χ4v) is 5.73. The molecule has 2 aromatic carbocycles. The summed E-state index contributed by atoms with van der Waals surface area (Å²) >= 11 is 0. The first kappa shape index (κ1) is 26.7. The second kappa shape index (κ2) is 11.5. The molecule has 0 spiro atoms. The van der Waals surface area contributed by atoms with Crippen LogP contribution in [0.25, 0.3) is 5.70 Å². The molecule has 3 aliphatic rings. The lowest BCUT2D eigenvalue weighted by atomic mass is 9.83. The molecule has 1 aliphatic heterocycles. The van der Waals surface area contributed by atoms with Crippen LogP contribution < -0.4 is 0 Å². The van der Waals surface area contributed by atoms with Crippen molar-refractivity contribution in [3.05, 3.63) is 125 Å². The van der Waals surface area contributed by atoms with Crippen molar-refractivity contribution >= 4 is 11.7 Å². The van der Waals surface area contributed by atoms with Crippen LogP contribution in [0.5, 0.6) is 0 Å². The summed E-state index contributed by atoms with van der Waals surface area (Å²) in [5, 5.41) is 8.93. The molecule has 0 radical (unpaired) electrons. The van der Waals surface area contributed by atoms with Crippen LogP contribution in [0.2, 0.25) is 0 Å². The predicted molar refractivity (Wildman–Crippen MR) is 153 cm³/mol. The molecular formula is C34H36FNO3. The van der Waals surface area contributed by atoms with Crippen LogP contribution in [-0.4, -0.2) is 28.1 Å². The van der Waals surface area contributed by atoms with Crippen molar-refractivity contribution in [1.29, 1.82) is 0 Å². The quantitative estimate of drug-likeness (QED) is 0.350. The maximum atomic E-state index is 13.6. The number of benzene rings is 2. The zero-order valence-electron chi connectivity index (χ0n) is 22.6. The molecular weight excluding hydrogens is 489 g/mol. The molecule has 0 fully saturated rings. The summed E-state index contributed by atoms with van der Waals surface area (Å²) in [6.45, 7) is 5.76. The van der Waals surface area contributed by atoms with Crippen molar-refractivity contribution in [1.82, 2.24) is 4.90 Å². The number of rotatable bonds is 10. The van der Waals surface area contributed by atoms with Crippen molar-refractivity contribution in [2.24, 2.45) is 11.8 Å². The summed E-state index contributed by atoms with van der Waals surface area (Å²) in [5.74, 6) is 0.549. The molecule has 202 valence electrons. The molecule has 1 N–H and O–H groups in total. The number of hydrogen-bond donors (Lipinski definition) is 1. The second-order valence-electron chi connectivity index (χ2n) is 10.9. The van der Waals surface area contributed by atoms with E-state index < -0.39 is 5.97 Å². The first-order chi connectivity index (χ1) is 18.8. The van der Waals surface area contributed by atoms with Gasteiger partial charge in [0.05, 0.1) is 17.9 Å². The number of fused-ring (bicyclic) bond motifs is 1. The van der Waals surface area contributed by atoms with Crippen molar-refractivity contribution in [2.75, 3.05) is 6.61 Å². The molecule has 0 aromatic heterocycles. The normalized spacial score (nSPS) is 23.7. The van der Waals surface area contributed by atoms with Crippen LogP contribution >= 0.6 is 0 Å². The molecule has 4 nitrogen and oxygen atoms in total. The topological polar surface area (TPSA) is 49.8 Å². The fourth-order valence-electron chi connectivity index (χ4n) is 5.73. The SMILES string of the molecule is CC1CC(OCCc2ccc(CN3C(c4ccc(F)cc4)=CC4C=CC=CC43C)cc2)=CC=C1CCC(=O)O. The number of carbonyl (C=O) groups is 1. The van der Waals surface area contributed by atoms with Gasteiger partial charge in [0.25, 0.3) is 0 Å². The van der Waals surface area contributed by atoms with Gasteiger partial charge in [-0.05, 0) is 54.2 Å². The molecule has 5 heteroatoms. The molecule has 0 amide bonds. The third-order valence-corrected chi connectivity index (χ3v) is 8.18. The third kappa shape index (κ3) is 6.08. The van der Waals surface area contributed by atoms with Crippen LogP contribution in [0.1, 0.15) is 49.8 Å². The van der Waals surface area contributed by atoms with Crippen LogP contribution in [0.15, 0.2) is 102 Å². The second-order valence-corrected chi connectivity index (χ2v) is 10.9. The van der Waals surface area contributed by atoms with Gasteiger partial charge in [-0.1, -0.05) is 85.4 Å². The van der Waals surface area contributed by atoms with E-state index in [4.69, 9.17) is 9.84 Å². The summed E-state index contributed by atoms with van der Waals surface area (Å²) in [5.41, 5.74) is 5.61. The van der Waals surface area contributed by atoms with E-state index in [2.05, 4.69) is 73.4 Å². The molecule has 0 saturated heterocycles. The van der Waals surface area contributed by atoms with Gasteiger partial charge in [0.1, 0.15) is 5.82 Å². The monoisotopic (exact) mass is 525 g/mol. The summed E-state index contributed by atoms with van der Waals surface area (Å²) in [4.78, 5) is 13.3. The van der Waals surface area contributed by atoms with Gasteiger partial charge >= 0.3 is 5.97 Å². The number of ether oxygens (including phenoxy) is 1. The van der Waals surface area contributed by atoms with Gasteiger partial charge in [-0.2, -0.15) is 0 Å². The summed E-state index contributed by atoms with van der Waals surface area (Å²) < 4.78 is 19.7. The van der Waals surface area contributed by atoms with E-state index in [1.807, 2.05) is 24.3 Å². The Hall–Kier alpha value is -3.86. The Bertz CT molecular complexity index is 1350. The van der Waals surface area contributed by atoms with Gasteiger partial charge in [0, 0.05) is 37.4 Å². The Labute approximate surface area is 230 Å². The van der Waals surface area contributed by atoms with Crippen LogP contribution in [0.3, 0.4) is 0 Å². The highest BCUT2D eigenvalue weighted by Crippen LogP contribution is 2.45. The van der Waals surface area contributed by atoms with Crippen molar-refractivity contribution in [2.45, 2.75) is 51.6 Å². The zero-order chi connectivity index (χ0) is 27.4. The molecule has 1 heterocycles. The van der Waals surface area contributed by atoms with Gasteiger partial charge < -0.3 is 14.7 Å². The largest absolute Gasteiger partial charge is 0.498 e. The minimum Gasteiger partial charge on any atom is -0.498 e. The minimum absolute atomic E-state index is 0.169. The first-order valence-corrected chi connectivity index (χ1v) is 13.8. The Morgan fingerprint density at radius 3 is 2.51 bits per heavy atom. The Kier molecular flexibility index (Phi) is 7.87. The average molecular weight is 526 g/mol. The number of hydrogen-bond acceptors (Lipinski definition) is 3. The number of nitrogens with zero attached hydrogens (tertiary/aromatic N) is 1. The number of carboxylic acid groups (broad SMARTS) is 1. The lowest BCUT2D eigenvalue weighted by molar-refractivity contribution is -0.136. The highest BCUT2D eigenvalue weighted by Gasteiger charge is 2.43. The summed E-state index contributed by atoms with van der Waals surface area (Å²) in [7, 11) is 0. The summed E-state index contributed by atoms with van der Waals surface area (Å²) in [6.07, 6.45) is 17.4. The fraction of sp³-hybridized carbons (Fsp3) is 0.324. The smallest absolute Gasteiger partial charge is 0.303 e. The Balaban J connectivity index is 1.21. The highest BCUT2D eigenvalue weighted by molar-refractivity contribution is 5.70. The van der Waals surface area contributed by atoms with E-state index in [1.165, 1.54) is 28.8 Å². The van der Waals surface area contributed by atoms with E-state index in [0.29, 0.717) is 18.9 Å². The molecule has 2 aromatic rings. The molecule has 2 aliphatic carbocycles. The number of halogens is 1. The van der Waals surface area contributed by atoms with E-state index in [9.17, 15) is 9.18 Å². The number of aliphatic carboxylic acids is 1. The standard InChI is InChI=1S/C34H36FNO3/c1-24-21-31(16-12-27(24)13-17-33(37)38)39-20-18-25-6-8-26(9-7-25)23-36-32(28-10-14-30(35)15-11-28)22-29-5-3-4-19-34(29,36)2/h3-12,14-16,19,22,24,29H,13,17-18,20-21,23H2,1-2H3,(H,37,38). The maximum Gasteiger partial charge on any atom is 0.303 e. The van der Waals surface area contributed by atoms with Crippen LogP contribution in [0.4, 0.5) is 4.39 Å². The van der Waals surface area contributed by atoms with Gasteiger partial charge in [0.15, 0.2) is 0 Å². The van der Waals surface area contributed by atoms with Gasteiger partial charge in [0.2, 0.25) is 0 Å². The molecule has 3 atom stereocenters. The van der Waals surface area contributed by atoms with Crippen molar-refractivity contribution in [3.8, 4) is 0 Å². The third-order valence-electron chi connectivity index (χ3n) is 8.18. The maximum absolute atomic E-state index is 13.6. The minimum atomic E-state index is -0.758. The van der Waals surface area contributed by atoms with Crippen LogP contribution in [0, 0.1) is 17.7 Å².